The maximum atomic E-state index is 11.2. The summed E-state index contributed by atoms with van der Waals surface area (Å²) in [5.41, 5.74) is 0.977. The van der Waals surface area contributed by atoms with E-state index < -0.39 is 0 Å². The Bertz CT molecular complexity index is 475. The zero-order chi connectivity index (χ0) is 8.55. The van der Waals surface area contributed by atoms with Gasteiger partial charge in [-0.15, -0.1) is 0 Å². The standard InChI is InChI=1S/C9H8NOP/c1-6-9(11)10-7-4-2-3-5-8(7)12-6/h2-5H,1H3,(H,10,11). The normalized spacial score (nSPS) is 11.1. The molecule has 2 rings (SSSR count). The van der Waals surface area contributed by atoms with Gasteiger partial charge in [0.15, 0.2) is 0 Å². The molecule has 0 aliphatic heterocycles. The minimum absolute atomic E-state index is 0.0374. The fraction of sp³-hybridized carbons (Fsp3) is 0.111. The van der Waals surface area contributed by atoms with Crippen LogP contribution in [0.15, 0.2) is 29.1 Å². The van der Waals surface area contributed by atoms with Crippen LogP contribution >= 0.6 is 8.19 Å². The van der Waals surface area contributed by atoms with E-state index in [4.69, 9.17) is 0 Å². The molecule has 1 heterocycles. The number of aryl methyl sites for hydroxylation is 1. The minimum atomic E-state index is 0.0374. The van der Waals surface area contributed by atoms with E-state index in [0.29, 0.717) is 0 Å². The van der Waals surface area contributed by atoms with Gasteiger partial charge in [0, 0.05) is 10.4 Å². The van der Waals surface area contributed by atoms with Crippen LogP contribution in [-0.4, -0.2) is 4.98 Å². The molecule has 0 fully saturated rings. The number of nitrogens with one attached hydrogen (secondary N) is 1. The summed E-state index contributed by atoms with van der Waals surface area (Å²) in [6.07, 6.45) is 0. The quantitative estimate of drug-likeness (QED) is 0.658. The van der Waals surface area contributed by atoms with E-state index in [9.17, 15) is 4.79 Å². The van der Waals surface area contributed by atoms with E-state index in [1.54, 1.807) is 0 Å². The predicted octanol–water partition coefficient (Wildman–Crippen LogP) is 2.42. The van der Waals surface area contributed by atoms with Crippen LogP contribution in [0.4, 0.5) is 0 Å². The second-order valence-electron chi connectivity index (χ2n) is 2.67. The van der Waals surface area contributed by atoms with Crippen LogP contribution < -0.4 is 5.56 Å². The van der Waals surface area contributed by atoms with E-state index in [1.807, 2.05) is 31.2 Å². The Morgan fingerprint density at radius 2 is 2.08 bits per heavy atom. The molecular weight excluding hydrogens is 169 g/mol. The molecule has 0 amide bonds. The van der Waals surface area contributed by atoms with Gasteiger partial charge in [-0.05, 0) is 19.1 Å². The monoisotopic (exact) mass is 177 g/mol. The van der Waals surface area contributed by atoms with Crippen molar-refractivity contribution in [2.75, 3.05) is 0 Å². The molecule has 0 bridgehead atoms. The first-order chi connectivity index (χ1) is 5.77. The highest BCUT2D eigenvalue weighted by molar-refractivity contribution is 7.37. The molecule has 2 aromatic rings. The van der Waals surface area contributed by atoms with E-state index >= 15 is 0 Å². The summed E-state index contributed by atoms with van der Waals surface area (Å²) < 4.78 is 0. The lowest BCUT2D eigenvalue weighted by atomic mass is 10.3. The van der Waals surface area contributed by atoms with Crippen LogP contribution in [0.25, 0.3) is 10.6 Å². The summed E-state index contributed by atoms with van der Waals surface area (Å²) in [5, 5.41) is 2.03. The first-order valence-electron chi connectivity index (χ1n) is 3.73. The van der Waals surface area contributed by atoms with E-state index in [2.05, 4.69) is 4.98 Å². The Labute approximate surface area is 71.4 Å². The van der Waals surface area contributed by atoms with E-state index in [0.717, 1.165) is 19.0 Å². The summed E-state index contributed by atoms with van der Waals surface area (Å²) in [6.45, 7) is 1.85. The van der Waals surface area contributed by atoms with Crippen LogP contribution in [0.1, 0.15) is 5.30 Å². The fourth-order valence-corrected chi connectivity index (χ4v) is 2.05. The van der Waals surface area contributed by atoms with Crippen LogP contribution in [0, 0.1) is 6.92 Å². The SMILES string of the molecule is Cc1pc2ccccc2[nH]c1=O. The van der Waals surface area contributed by atoms with Gasteiger partial charge in [-0.2, -0.15) is 0 Å². The fourth-order valence-electron chi connectivity index (χ4n) is 1.12. The van der Waals surface area contributed by atoms with Gasteiger partial charge in [0.25, 0.3) is 5.56 Å². The smallest absolute Gasteiger partial charge is 0.255 e. The molecule has 12 heavy (non-hydrogen) atoms. The Hall–Kier alpha value is -1.14. The molecule has 0 aliphatic carbocycles. The molecule has 0 radical (unpaired) electrons. The molecular formula is C9H8NOP. The Morgan fingerprint density at radius 1 is 1.33 bits per heavy atom. The number of hydrogen-bond acceptors (Lipinski definition) is 1. The lowest BCUT2D eigenvalue weighted by Crippen LogP contribution is -2.05. The highest BCUT2D eigenvalue weighted by atomic mass is 31.0. The number of benzene rings is 1. The van der Waals surface area contributed by atoms with Crippen molar-refractivity contribution in [2.24, 2.45) is 0 Å². The van der Waals surface area contributed by atoms with Crippen LogP contribution in [0.2, 0.25) is 0 Å². The predicted molar refractivity (Wildman–Crippen MR) is 51.8 cm³/mol. The summed E-state index contributed by atoms with van der Waals surface area (Å²) in [5.74, 6) is 0. The lowest BCUT2D eigenvalue weighted by Gasteiger charge is -1.96. The van der Waals surface area contributed by atoms with Crippen molar-refractivity contribution in [3.05, 3.63) is 39.9 Å². The molecule has 0 spiro atoms. The molecule has 1 aromatic carbocycles. The topological polar surface area (TPSA) is 32.9 Å². The summed E-state index contributed by atoms with van der Waals surface area (Å²) in [4.78, 5) is 14.0. The van der Waals surface area contributed by atoms with Crippen LogP contribution in [-0.2, 0) is 0 Å². The molecule has 2 nitrogen and oxygen atoms in total. The third-order valence-electron chi connectivity index (χ3n) is 1.77. The Morgan fingerprint density at radius 3 is 2.92 bits per heavy atom. The highest BCUT2D eigenvalue weighted by Crippen LogP contribution is 2.20. The van der Waals surface area contributed by atoms with Gasteiger partial charge in [0.05, 0.1) is 5.52 Å². The summed E-state index contributed by atoms with van der Waals surface area (Å²) >= 11 is 0. The van der Waals surface area contributed by atoms with Gasteiger partial charge in [-0.3, -0.25) is 4.79 Å². The number of hydrogen-bond donors (Lipinski definition) is 1. The van der Waals surface area contributed by atoms with Gasteiger partial charge in [-0.25, -0.2) is 0 Å². The molecule has 1 N–H and O–H groups in total. The molecule has 0 saturated heterocycles. The second-order valence-corrected chi connectivity index (χ2v) is 4.04. The first kappa shape index (κ1) is 7.51. The van der Waals surface area contributed by atoms with E-state index in [-0.39, 0.29) is 5.56 Å². The summed E-state index contributed by atoms with van der Waals surface area (Å²) in [6, 6.07) is 7.86. The number of para-hydroxylation sites is 1. The van der Waals surface area contributed by atoms with Gasteiger partial charge in [-0.1, -0.05) is 20.3 Å². The van der Waals surface area contributed by atoms with Crippen LogP contribution in [0.5, 0.6) is 0 Å². The number of fused-ring (bicyclic) bond motifs is 1. The zero-order valence-electron chi connectivity index (χ0n) is 6.66. The molecule has 1 aromatic heterocycles. The Balaban J connectivity index is 2.93. The number of H-pyrrole nitrogens is 1. The van der Waals surface area contributed by atoms with Gasteiger partial charge >= 0.3 is 0 Å². The van der Waals surface area contributed by atoms with Crippen molar-refractivity contribution >= 4 is 18.8 Å². The number of aromatic amines is 1. The molecule has 60 valence electrons. The van der Waals surface area contributed by atoms with Gasteiger partial charge < -0.3 is 4.98 Å². The van der Waals surface area contributed by atoms with Crippen molar-refractivity contribution in [1.82, 2.24) is 4.98 Å². The maximum absolute atomic E-state index is 11.2. The van der Waals surface area contributed by atoms with Crippen molar-refractivity contribution in [3.63, 3.8) is 0 Å². The third-order valence-corrected chi connectivity index (χ3v) is 2.94. The number of aromatic nitrogens is 1. The average Bonchev–Trinajstić information content (AvgIpc) is 2.07. The van der Waals surface area contributed by atoms with Crippen molar-refractivity contribution in [3.8, 4) is 0 Å². The van der Waals surface area contributed by atoms with Gasteiger partial charge in [0.1, 0.15) is 0 Å². The summed E-state index contributed by atoms with van der Waals surface area (Å²) in [7, 11) is 1.03. The average molecular weight is 177 g/mol. The maximum Gasteiger partial charge on any atom is 0.255 e. The van der Waals surface area contributed by atoms with E-state index in [1.165, 1.54) is 5.12 Å². The van der Waals surface area contributed by atoms with Crippen molar-refractivity contribution in [2.45, 2.75) is 6.92 Å². The first-order valence-corrected chi connectivity index (χ1v) is 4.62. The number of rotatable bonds is 0. The van der Waals surface area contributed by atoms with Crippen molar-refractivity contribution in [1.29, 1.82) is 0 Å². The second kappa shape index (κ2) is 2.72. The molecule has 0 atom stereocenters. The van der Waals surface area contributed by atoms with Gasteiger partial charge in [0.2, 0.25) is 0 Å². The van der Waals surface area contributed by atoms with Crippen LogP contribution in [0.3, 0.4) is 0 Å². The molecule has 0 unspecified atom stereocenters. The lowest BCUT2D eigenvalue weighted by molar-refractivity contribution is 1.28. The third kappa shape index (κ3) is 1.15. The van der Waals surface area contributed by atoms with Crippen molar-refractivity contribution < 1.29 is 0 Å². The molecule has 0 aliphatic rings. The largest absolute Gasteiger partial charge is 0.321 e. The molecule has 3 heteroatoms. The highest BCUT2D eigenvalue weighted by Gasteiger charge is 1.96. The minimum Gasteiger partial charge on any atom is -0.321 e. The Kier molecular flexibility index (Phi) is 1.70. The molecule has 0 saturated carbocycles. The zero-order valence-corrected chi connectivity index (χ0v) is 7.56.